The Hall–Kier alpha value is -0.620. The minimum absolute atomic E-state index is 0.736. The molecule has 1 aromatic rings. The van der Waals surface area contributed by atoms with Crippen molar-refractivity contribution in [2.24, 2.45) is 0 Å². The molecule has 2 rings (SSSR count). The normalized spacial score (nSPS) is 16.6. The Balaban J connectivity index is 1.57. The highest BCUT2D eigenvalue weighted by Gasteiger charge is 2.09. The monoisotopic (exact) mass is 341 g/mol. The van der Waals surface area contributed by atoms with Crippen LogP contribution in [-0.2, 0) is 0 Å². The molecule has 1 saturated heterocycles. The van der Waals surface area contributed by atoms with E-state index in [9.17, 15) is 0 Å². The summed E-state index contributed by atoms with van der Waals surface area (Å²) < 4.78 is 6.82. The molecule has 0 unspecified atom stereocenters. The summed E-state index contributed by atoms with van der Waals surface area (Å²) in [6.07, 6.45) is 0. The lowest BCUT2D eigenvalue weighted by molar-refractivity contribution is 0.187. The van der Waals surface area contributed by atoms with Gasteiger partial charge in [-0.05, 0) is 31.3 Å². The van der Waals surface area contributed by atoms with Crippen LogP contribution < -0.4 is 10.1 Å². The molecule has 4 nitrogen and oxygen atoms in total. The molecule has 0 aliphatic carbocycles. The minimum Gasteiger partial charge on any atom is -0.492 e. The molecule has 0 spiro atoms. The molecular formula is C15H24BrN3O. The van der Waals surface area contributed by atoms with Crippen LogP contribution >= 0.6 is 15.9 Å². The number of benzene rings is 1. The number of piperazine rings is 1. The van der Waals surface area contributed by atoms with Gasteiger partial charge in [-0.15, -0.1) is 0 Å². The SMILES string of the molecule is CN(CCOc1ccc(Br)cc1)CCN1CCNCC1. The summed E-state index contributed by atoms with van der Waals surface area (Å²) in [5, 5.41) is 3.38. The second-order valence-corrected chi connectivity index (χ2v) is 6.11. The number of hydrogen-bond acceptors (Lipinski definition) is 4. The molecule has 1 aromatic carbocycles. The van der Waals surface area contributed by atoms with Crippen LogP contribution in [0.5, 0.6) is 5.75 Å². The molecule has 1 aliphatic heterocycles. The van der Waals surface area contributed by atoms with Crippen LogP contribution in [0.2, 0.25) is 0 Å². The third kappa shape index (κ3) is 5.79. The highest BCUT2D eigenvalue weighted by atomic mass is 79.9. The van der Waals surface area contributed by atoms with Gasteiger partial charge in [0.1, 0.15) is 12.4 Å². The third-order valence-electron chi connectivity index (χ3n) is 3.56. The van der Waals surface area contributed by atoms with E-state index in [-0.39, 0.29) is 0 Å². The predicted octanol–water partition coefficient (Wildman–Crippen LogP) is 1.66. The Morgan fingerprint density at radius 1 is 1.20 bits per heavy atom. The summed E-state index contributed by atoms with van der Waals surface area (Å²) in [6, 6.07) is 7.99. The van der Waals surface area contributed by atoms with Crippen molar-refractivity contribution in [3.8, 4) is 5.75 Å². The van der Waals surface area contributed by atoms with E-state index in [0.29, 0.717) is 0 Å². The van der Waals surface area contributed by atoms with Gasteiger partial charge in [-0.3, -0.25) is 4.90 Å². The number of ether oxygens (including phenoxy) is 1. The van der Waals surface area contributed by atoms with Crippen LogP contribution in [0.25, 0.3) is 0 Å². The molecule has 0 amide bonds. The van der Waals surface area contributed by atoms with Crippen molar-refractivity contribution in [3.05, 3.63) is 28.7 Å². The maximum atomic E-state index is 5.74. The van der Waals surface area contributed by atoms with E-state index in [0.717, 1.165) is 49.6 Å². The number of nitrogens with zero attached hydrogens (tertiary/aromatic N) is 2. The molecule has 0 saturated carbocycles. The predicted molar refractivity (Wildman–Crippen MR) is 86.4 cm³/mol. The van der Waals surface area contributed by atoms with E-state index in [4.69, 9.17) is 4.74 Å². The van der Waals surface area contributed by atoms with Crippen molar-refractivity contribution in [3.63, 3.8) is 0 Å². The highest BCUT2D eigenvalue weighted by molar-refractivity contribution is 9.10. The second kappa shape index (κ2) is 8.62. The van der Waals surface area contributed by atoms with Gasteiger partial charge in [-0.1, -0.05) is 15.9 Å². The number of nitrogens with one attached hydrogen (secondary N) is 1. The van der Waals surface area contributed by atoms with Gasteiger partial charge in [0.05, 0.1) is 0 Å². The van der Waals surface area contributed by atoms with Crippen molar-refractivity contribution in [2.45, 2.75) is 0 Å². The van der Waals surface area contributed by atoms with Crippen LogP contribution in [0.4, 0.5) is 0 Å². The molecule has 0 atom stereocenters. The first-order valence-electron chi connectivity index (χ1n) is 7.24. The van der Waals surface area contributed by atoms with Crippen molar-refractivity contribution < 1.29 is 4.74 Å². The van der Waals surface area contributed by atoms with Crippen molar-refractivity contribution in [1.82, 2.24) is 15.1 Å². The van der Waals surface area contributed by atoms with E-state index in [1.807, 2.05) is 24.3 Å². The quantitative estimate of drug-likeness (QED) is 0.816. The first kappa shape index (κ1) is 15.8. The van der Waals surface area contributed by atoms with E-state index >= 15 is 0 Å². The Morgan fingerprint density at radius 3 is 2.60 bits per heavy atom. The first-order valence-corrected chi connectivity index (χ1v) is 8.03. The van der Waals surface area contributed by atoms with E-state index < -0.39 is 0 Å². The fourth-order valence-corrected chi connectivity index (χ4v) is 2.47. The largest absolute Gasteiger partial charge is 0.492 e. The second-order valence-electron chi connectivity index (χ2n) is 5.20. The van der Waals surface area contributed by atoms with Gasteiger partial charge < -0.3 is 15.0 Å². The summed E-state index contributed by atoms with van der Waals surface area (Å²) in [5.74, 6) is 0.934. The number of halogens is 1. The van der Waals surface area contributed by atoms with Gasteiger partial charge >= 0.3 is 0 Å². The number of likely N-dealkylation sites (N-methyl/N-ethyl adjacent to an activating group) is 1. The Labute approximate surface area is 130 Å². The molecule has 1 heterocycles. The summed E-state index contributed by atoms with van der Waals surface area (Å²) in [4.78, 5) is 4.85. The average Bonchev–Trinajstić information content (AvgIpc) is 2.48. The Bertz CT molecular complexity index is 379. The zero-order chi connectivity index (χ0) is 14.2. The van der Waals surface area contributed by atoms with Gasteiger partial charge in [0.25, 0.3) is 0 Å². The van der Waals surface area contributed by atoms with Crippen LogP contribution in [0.15, 0.2) is 28.7 Å². The van der Waals surface area contributed by atoms with Crippen molar-refractivity contribution in [1.29, 1.82) is 0 Å². The molecule has 1 N–H and O–H groups in total. The first-order chi connectivity index (χ1) is 9.74. The summed E-state index contributed by atoms with van der Waals surface area (Å²) in [6.45, 7) is 8.53. The third-order valence-corrected chi connectivity index (χ3v) is 4.09. The fourth-order valence-electron chi connectivity index (χ4n) is 2.21. The van der Waals surface area contributed by atoms with Crippen molar-refractivity contribution in [2.75, 3.05) is 59.5 Å². The van der Waals surface area contributed by atoms with Gasteiger partial charge in [-0.2, -0.15) is 0 Å². The molecule has 20 heavy (non-hydrogen) atoms. The van der Waals surface area contributed by atoms with Crippen LogP contribution in [0.1, 0.15) is 0 Å². The zero-order valence-corrected chi connectivity index (χ0v) is 13.7. The van der Waals surface area contributed by atoms with E-state index in [2.05, 4.69) is 38.1 Å². The summed E-state index contributed by atoms with van der Waals surface area (Å²) in [7, 11) is 2.16. The lowest BCUT2D eigenvalue weighted by Gasteiger charge is -2.29. The lowest BCUT2D eigenvalue weighted by atomic mass is 10.3. The maximum absolute atomic E-state index is 5.74. The topological polar surface area (TPSA) is 27.7 Å². The molecule has 112 valence electrons. The summed E-state index contributed by atoms with van der Waals surface area (Å²) in [5.41, 5.74) is 0. The van der Waals surface area contributed by atoms with Crippen LogP contribution in [-0.4, -0.2) is 69.3 Å². The number of hydrogen-bond donors (Lipinski definition) is 1. The molecular weight excluding hydrogens is 318 g/mol. The van der Waals surface area contributed by atoms with Gasteiger partial charge in [0, 0.05) is 50.3 Å². The zero-order valence-electron chi connectivity index (χ0n) is 12.1. The minimum atomic E-state index is 0.736. The van der Waals surface area contributed by atoms with Gasteiger partial charge in [0.15, 0.2) is 0 Å². The average molecular weight is 342 g/mol. The molecule has 0 bridgehead atoms. The highest BCUT2D eigenvalue weighted by Crippen LogP contribution is 2.15. The Morgan fingerprint density at radius 2 is 1.90 bits per heavy atom. The van der Waals surface area contributed by atoms with E-state index in [1.54, 1.807) is 0 Å². The molecule has 0 radical (unpaired) electrons. The van der Waals surface area contributed by atoms with E-state index in [1.165, 1.54) is 13.1 Å². The molecule has 1 fully saturated rings. The van der Waals surface area contributed by atoms with Gasteiger partial charge in [-0.25, -0.2) is 0 Å². The standard InChI is InChI=1S/C15H24BrN3O/c1-18(10-11-19-8-6-17-7-9-19)12-13-20-15-4-2-14(16)3-5-15/h2-5,17H,6-13H2,1H3. The smallest absolute Gasteiger partial charge is 0.119 e. The van der Waals surface area contributed by atoms with Crippen LogP contribution in [0, 0.1) is 0 Å². The van der Waals surface area contributed by atoms with Gasteiger partial charge in [0.2, 0.25) is 0 Å². The molecule has 1 aliphatic rings. The molecule has 0 aromatic heterocycles. The summed E-state index contributed by atoms with van der Waals surface area (Å²) >= 11 is 3.42. The fraction of sp³-hybridized carbons (Fsp3) is 0.600. The molecule has 5 heteroatoms. The Kier molecular flexibility index (Phi) is 6.79. The van der Waals surface area contributed by atoms with Crippen LogP contribution in [0.3, 0.4) is 0 Å². The number of rotatable bonds is 7. The van der Waals surface area contributed by atoms with Crippen molar-refractivity contribution >= 4 is 15.9 Å². The maximum Gasteiger partial charge on any atom is 0.119 e. The lowest BCUT2D eigenvalue weighted by Crippen LogP contribution is -2.46.